The number of aliphatic hydroxyl groups is 1. The number of rotatable bonds is 4. The number of aromatic hydroxyl groups is 1. The van der Waals surface area contributed by atoms with Crippen LogP contribution in [0.2, 0.25) is 0 Å². The van der Waals surface area contributed by atoms with Gasteiger partial charge in [0.1, 0.15) is 11.6 Å². The van der Waals surface area contributed by atoms with Gasteiger partial charge in [-0.3, -0.25) is 0 Å². The van der Waals surface area contributed by atoms with Gasteiger partial charge in [0, 0.05) is 24.2 Å². The molecule has 1 atom stereocenters. The molecule has 1 aliphatic rings. The van der Waals surface area contributed by atoms with E-state index >= 15 is 0 Å². The van der Waals surface area contributed by atoms with Crippen LogP contribution in [0.15, 0.2) is 18.2 Å². The molecule has 18 heavy (non-hydrogen) atoms. The van der Waals surface area contributed by atoms with Crippen molar-refractivity contribution in [1.82, 2.24) is 5.32 Å². The van der Waals surface area contributed by atoms with E-state index in [0.29, 0.717) is 12.1 Å². The van der Waals surface area contributed by atoms with Crippen molar-refractivity contribution in [1.29, 1.82) is 0 Å². The fraction of sp³-hybridized carbons (Fsp3) is 0.571. The van der Waals surface area contributed by atoms with E-state index in [1.165, 1.54) is 6.07 Å². The molecule has 0 amide bonds. The van der Waals surface area contributed by atoms with Gasteiger partial charge in [0.25, 0.3) is 0 Å². The number of hydrogen-bond acceptors (Lipinski definition) is 3. The molecule has 1 unspecified atom stereocenters. The Morgan fingerprint density at radius 1 is 1.39 bits per heavy atom. The molecule has 0 radical (unpaired) electrons. The lowest BCUT2D eigenvalue weighted by molar-refractivity contribution is 0.0452. The van der Waals surface area contributed by atoms with Crippen molar-refractivity contribution in [3.63, 3.8) is 0 Å². The van der Waals surface area contributed by atoms with Crippen molar-refractivity contribution in [2.24, 2.45) is 0 Å². The second-order valence-electron chi connectivity index (χ2n) is 5.24. The fourth-order valence-corrected chi connectivity index (χ4v) is 2.55. The summed E-state index contributed by atoms with van der Waals surface area (Å²) in [7, 11) is 0. The number of halogens is 1. The summed E-state index contributed by atoms with van der Waals surface area (Å²) in [6.45, 7) is 2.40. The van der Waals surface area contributed by atoms with Gasteiger partial charge in [0.15, 0.2) is 0 Å². The minimum Gasteiger partial charge on any atom is -0.508 e. The molecule has 0 saturated heterocycles. The van der Waals surface area contributed by atoms with Crippen LogP contribution in [0.3, 0.4) is 0 Å². The number of hydrogen-bond donors (Lipinski definition) is 3. The van der Waals surface area contributed by atoms with Crippen molar-refractivity contribution in [2.45, 2.75) is 44.2 Å². The first-order valence-corrected chi connectivity index (χ1v) is 6.44. The molecule has 0 aromatic heterocycles. The van der Waals surface area contributed by atoms with Crippen LogP contribution in [0.4, 0.5) is 4.39 Å². The van der Waals surface area contributed by atoms with Crippen LogP contribution in [0, 0.1) is 5.82 Å². The molecule has 1 fully saturated rings. The highest BCUT2D eigenvalue weighted by Gasteiger charge is 2.31. The summed E-state index contributed by atoms with van der Waals surface area (Å²) in [6, 6.07) is 3.89. The second kappa shape index (κ2) is 5.24. The van der Waals surface area contributed by atoms with Crippen LogP contribution in [-0.4, -0.2) is 22.4 Å². The average Bonchev–Trinajstić information content (AvgIpc) is 2.74. The third kappa shape index (κ3) is 3.00. The summed E-state index contributed by atoms with van der Waals surface area (Å²) in [6.07, 6.45) is 3.77. The van der Waals surface area contributed by atoms with Gasteiger partial charge in [0.05, 0.1) is 5.60 Å². The molecule has 1 aromatic carbocycles. The smallest absolute Gasteiger partial charge is 0.126 e. The van der Waals surface area contributed by atoms with Gasteiger partial charge < -0.3 is 15.5 Å². The normalized spacial score (nSPS) is 19.9. The Morgan fingerprint density at radius 2 is 2.06 bits per heavy atom. The molecule has 1 aliphatic carbocycles. The monoisotopic (exact) mass is 253 g/mol. The van der Waals surface area contributed by atoms with E-state index in [4.69, 9.17) is 0 Å². The third-order valence-corrected chi connectivity index (χ3v) is 3.73. The molecule has 0 aliphatic heterocycles. The molecular formula is C14H20FNO2. The van der Waals surface area contributed by atoms with Gasteiger partial charge >= 0.3 is 0 Å². The van der Waals surface area contributed by atoms with Crippen molar-refractivity contribution in [3.8, 4) is 5.75 Å². The standard InChI is InChI=1S/C14H20FNO2/c1-10(12-5-4-11(15)8-13(12)17)16-9-14(18)6-2-3-7-14/h4-5,8,10,16-18H,2-3,6-7,9H2,1H3. The molecule has 100 valence electrons. The maximum atomic E-state index is 12.9. The van der Waals surface area contributed by atoms with Gasteiger partial charge in [-0.05, 0) is 25.8 Å². The summed E-state index contributed by atoms with van der Waals surface area (Å²) in [5, 5.41) is 23.1. The number of nitrogens with one attached hydrogen (secondary N) is 1. The van der Waals surface area contributed by atoms with Crippen LogP contribution in [-0.2, 0) is 0 Å². The predicted molar refractivity (Wildman–Crippen MR) is 67.9 cm³/mol. The highest BCUT2D eigenvalue weighted by atomic mass is 19.1. The topological polar surface area (TPSA) is 52.5 Å². The van der Waals surface area contributed by atoms with Crippen LogP contribution in [0.5, 0.6) is 5.75 Å². The van der Waals surface area contributed by atoms with E-state index in [0.717, 1.165) is 31.7 Å². The molecule has 0 spiro atoms. The van der Waals surface area contributed by atoms with Gasteiger partial charge in [-0.25, -0.2) is 4.39 Å². The molecule has 2 rings (SSSR count). The first-order valence-electron chi connectivity index (χ1n) is 6.44. The minimum atomic E-state index is -0.621. The molecule has 1 saturated carbocycles. The highest BCUT2D eigenvalue weighted by Crippen LogP contribution is 2.30. The Kier molecular flexibility index (Phi) is 3.88. The van der Waals surface area contributed by atoms with Crippen molar-refractivity contribution < 1.29 is 14.6 Å². The van der Waals surface area contributed by atoms with E-state index in [9.17, 15) is 14.6 Å². The minimum absolute atomic E-state index is 0.0478. The summed E-state index contributed by atoms with van der Waals surface area (Å²) in [5.41, 5.74) is 0.0298. The Morgan fingerprint density at radius 3 is 2.67 bits per heavy atom. The zero-order chi connectivity index (χ0) is 13.2. The first-order chi connectivity index (χ1) is 8.50. The van der Waals surface area contributed by atoms with E-state index < -0.39 is 11.4 Å². The Bertz CT molecular complexity index is 416. The predicted octanol–water partition coefficient (Wildman–Crippen LogP) is 2.49. The Hall–Kier alpha value is -1.13. The van der Waals surface area contributed by atoms with Gasteiger partial charge in [-0.15, -0.1) is 0 Å². The maximum Gasteiger partial charge on any atom is 0.126 e. The Balaban J connectivity index is 1.97. The van der Waals surface area contributed by atoms with Crippen LogP contribution in [0.25, 0.3) is 0 Å². The number of benzene rings is 1. The summed E-state index contributed by atoms with van der Waals surface area (Å²) in [5.74, 6) is -0.494. The second-order valence-corrected chi connectivity index (χ2v) is 5.24. The van der Waals surface area contributed by atoms with Crippen LogP contribution < -0.4 is 5.32 Å². The van der Waals surface area contributed by atoms with E-state index in [-0.39, 0.29) is 11.8 Å². The van der Waals surface area contributed by atoms with Gasteiger partial charge in [-0.1, -0.05) is 18.9 Å². The summed E-state index contributed by atoms with van der Waals surface area (Å²) < 4.78 is 12.9. The van der Waals surface area contributed by atoms with E-state index in [1.54, 1.807) is 6.07 Å². The third-order valence-electron chi connectivity index (χ3n) is 3.73. The Labute approximate surface area is 107 Å². The maximum absolute atomic E-state index is 12.9. The first kappa shape index (κ1) is 13.3. The zero-order valence-electron chi connectivity index (χ0n) is 10.6. The fourth-order valence-electron chi connectivity index (χ4n) is 2.55. The van der Waals surface area contributed by atoms with E-state index in [2.05, 4.69) is 5.32 Å². The van der Waals surface area contributed by atoms with Crippen molar-refractivity contribution >= 4 is 0 Å². The SMILES string of the molecule is CC(NCC1(O)CCCC1)c1ccc(F)cc1O. The molecular weight excluding hydrogens is 233 g/mol. The van der Waals surface area contributed by atoms with Gasteiger partial charge in [-0.2, -0.15) is 0 Å². The number of phenols is 1. The summed E-state index contributed by atoms with van der Waals surface area (Å²) in [4.78, 5) is 0. The zero-order valence-corrected chi connectivity index (χ0v) is 10.6. The summed E-state index contributed by atoms with van der Waals surface area (Å²) >= 11 is 0. The van der Waals surface area contributed by atoms with Crippen molar-refractivity contribution in [3.05, 3.63) is 29.6 Å². The van der Waals surface area contributed by atoms with E-state index in [1.807, 2.05) is 6.92 Å². The van der Waals surface area contributed by atoms with Gasteiger partial charge in [0.2, 0.25) is 0 Å². The molecule has 0 heterocycles. The lowest BCUT2D eigenvalue weighted by Gasteiger charge is -2.25. The number of phenolic OH excluding ortho intramolecular Hbond substituents is 1. The van der Waals surface area contributed by atoms with Crippen LogP contribution in [0.1, 0.15) is 44.2 Å². The highest BCUT2D eigenvalue weighted by molar-refractivity contribution is 5.34. The molecule has 3 nitrogen and oxygen atoms in total. The van der Waals surface area contributed by atoms with Crippen LogP contribution >= 0.6 is 0 Å². The lowest BCUT2D eigenvalue weighted by atomic mass is 10.0. The molecule has 4 heteroatoms. The molecule has 1 aromatic rings. The molecule has 0 bridgehead atoms. The quantitative estimate of drug-likeness (QED) is 0.772. The lowest BCUT2D eigenvalue weighted by Crippen LogP contribution is -2.39. The largest absolute Gasteiger partial charge is 0.508 e. The average molecular weight is 253 g/mol. The van der Waals surface area contributed by atoms with Crippen molar-refractivity contribution in [2.75, 3.05) is 6.54 Å². The molecule has 3 N–H and O–H groups in total.